The van der Waals surface area contributed by atoms with Gasteiger partial charge in [-0.3, -0.25) is 0 Å². The zero-order chi connectivity index (χ0) is 51.9. The fourth-order valence-corrected chi connectivity index (χ4v) is 4.22. The molecule has 398 valence electrons. The van der Waals surface area contributed by atoms with E-state index < -0.39 is 207 Å². The lowest BCUT2D eigenvalue weighted by Crippen LogP contribution is -2.61. The quantitative estimate of drug-likeness (QED) is 0.0404. The zero-order valence-corrected chi connectivity index (χ0v) is 34.7. The van der Waals surface area contributed by atoms with Crippen LogP contribution in [0.5, 0.6) is 0 Å². The Morgan fingerprint density at radius 3 is 0.785 bits per heavy atom. The Kier molecular flexibility index (Phi) is 42.8. The van der Waals surface area contributed by atoms with Gasteiger partial charge in [0.05, 0.1) is 72.7 Å². The van der Waals surface area contributed by atoms with Crippen LogP contribution in [0.15, 0.2) is 0 Å². The molecular formula is C33H74O32. The second kappa shape index (κ2) is 39.6. The van der Waals surface area contributed by atoms with Crippen molar-refractivity contribution in [2.75, 3.05) is 72.7 Å². The van der Waals surface area contributed by atoms with Gasteiger partial charge in [-0.05, 0) is 0 Å². The predicted molar refractivity (Wildman–Crippen MR) is 206 cm³/mol. The molecule has 0 radical (unpaired) electrons. The molecule has 0 aromatic carbocycles. The Labute approximate surface area is 369 Å². The van der Waals surface area contributed by atoms with Crippen molar-refractivity contribution < 1.29 is 163 Å². The van der Waals surface area contributed by atoms with Gasteiger partial charge in [0.1, 0.15) is 128 Å². The van der Waals surface area contributed by atoms with Crippen molar-refractivity contribution in [2.24, 2.45) is 0 Å². The van der Waals surface area contributed by atoms with Gasteiger partial charge in [-0.15, -0.1) is 0 Å². The third-order valence-electron chi connectivity index (χ3n) is 8.63. The molecule has 0 aliphatic carbocycles. The van der Waals surface area contributed by atoms with Crippen molar-refractivity contribution in [3.63, 3.8) is 0 Å². The van der Waals surface area contributed by atoms with Gasteiger partial charge in [0.15, 0.2) is 6.29 Å². The highest BCUT2D eigenvalue weighted by Crippen LogP contribution is 2.25. The number of ether oxygens (including phenoxy) is 2. The highest BCUT2D eigenvalue weighted by Gasteiger charge is 2.47. The van der Waals surface area contributed by atoms with Gasteiger partial charge in [0.2, 0.25) is 0 Å². The van der Waals surface area contributed by atoms with E-state index in [2.05, 4.69) is 0 Å². The van der Waals surface area contributed by atoms with Crippen LogP contribution in [0, 0.1) is 0 Å². The molecule has 30 N–H and O–H groups in total. The molecule has 1 heterocycles. The maximum Gasteiger partial charge on any atom is 0.187 e. The topological polar surface area (TPSA) is 625 Å². The normalized spacial score (nSPS) is 26.4. The summed E-state index contributed by atoms with van der Waals surface area (Å²) in [6, 6.07) is 0. The predicted octanol–water partition coefficient (Wildman–Crippen LogP) is -18.2. The van der Waals surface area contributed by atoms with Crippen LogP contribution >= 0.6 is 0 Å². The molecule has 0 spiro atoms. The van der Waals surface area contributed by atoms with E-state index in [9.17, 15) is 30.6 Å². The summed E-state index contributed by atoms with van der Waals surface area (Å²) in [5, 5.41) is 265. The SMILES string of the molecule is OCC(O)C(O)CO.OC[C@@H](O)[C@@H](O)[C@H](O)[C@@H](O)CO.OC[C@@H](O)[C@@H](O)[C@H](O)[C@H](O)CO.OC[C@@H](O)[C@@H](O[C@H]1O[C@H](CO)[C@@H](O)[C@H](O)[C@H]1O)[C@H](O)[C@@H](O)CO.OC[C@@H](O)[C@H](O)[C@@H](O)CO. The summed E-state index contributed by atoms with van der Waals surface area (Å²) >= 11 is 0. The van der Waals surface area contributed by atoms with E-state index in [1.54, 1.807) is 0 Å². The monoisotopic (exact) mass is 982 g/mol. The number of aliphatic hydroxyl groups excluding tert-OH is 30. The third kappa shape index (κ3) is 26.9. The molecule has 1 rings (SSSR count). The smallest absolute Gasteiger partial charge is 0.187 e. The maximum absolute atomic E-state index is 9.83. The van der Waals surface area contributed by atoms with Crippen LogP contribution in [-0.4, -0.2) is 360 Å². The molecular weight excluding hydrogens is 908 g/mol. The molecule has 2 unspecified atom stereocenters. The Balaban J connectivity index is -0.000000381. The number of hydrogen-bond acceptors (Lipinski definition) is 32. The number of rotatable bonds is 25. The molecule has 22 atom stereocenters. The van der Waals surface area contributed by atoms with Crippen molar-refractivity contribution >= 4 is 0 Å². The van der Waals surface area contributed by atoms with Gasteiger partial charge >= 0.3 is 0 Å². The molecule has 65 heavy (non-hydrogen) atoms. The van der Waals surface area contributed by atoms with Crippen molar-refractivity contribution in [1.82, 2.24) is 0 Å². The molecule has 0 bridgehead atoms. The van der Waals surface area contributed by atoms with E-state index in [1.807, 2.05) is 0 Å². The molecule has 0 saturated carbocycles. The van der Waals surface area contributed by atoms with E-state index in [0.717, 1.165) is 0 Å². The van der Waals surface area contributed by atoms with E-state index in [4.69, 9.17) is 132 Å². The average Bonchev–Trinajstić information content (AvgIpc) is 3.34. The van der Waals surface area contributed by atoms with Crippen LogP contribution < -0.4 is 0 Å². The molecule has 1 aliphatic heterocycles. The number of aliphatic hydroxyl groups is 30. The summed E-state index contributed by atoms with van der Waals surface area (Å²) in [5.41, 5.74) is 0. The van der Waals surface area contributed by atoms with Gasteiger partial charge in [0.25, 0.3) is 0 Å². The molecule has 1 saturated heterocycles. The van der Waals surface area contributed by atoms with E-state index >= 15 is 0 Å². The van der Waals surface area contributed by atoms with Crippen molar-refractivity contribution in [2.45, 2.75) is 134 Å². The highest BCUT2D eigenvalue weighted by molar-refractivity contribution is 4.91. The average molecular weight is 983 g/mol. The van der Waals surface area contributed by atoms with Crippen LogP contribution in [-0.2, 0) is 9.47 Å². The Hall–Kier alpha value is -1.28. The number of hydrogen-bond donors (Lipinski definition) is 30. The Morgan fingerprint density at radius 2 is 0.538 bits per heavy atom. The van der Waals surface area contributed by atoms with E-state index in [0.29, 0.717) is 0 Å². The first kappa shape index (κ1) is 70.3. The fraction of sp³-hybridized carbons (Fsp3) is 1.00. The maximum atomic E-state index is 9.83. The summed E-state index contributed by atoms with van der Waals surface area (Å²) in [6.07, 6.45) is -34.6. The lowest BCUT2D eigenvalue weighted by atomic mass is 9.98. The van der Waals surface area contributed by atoms with E-state index in [-0.39, 0.29) is 0 Å². The lowest BCUT2D eigenvalue weighted by molar-refractivity contribution is -0.327. The molecule has 1 fully saturated rings. The van der Waals surface area contributed by atoms with Crippen LogP contribution in [0.25, 0.3) is 0 Å². The van der Waals surface area contributed by atoms with Crippen LogP contribution in [0.4, 0.5) is 0 Å². The standard InChI is InChI=1S/C12H24O11.2C6H14O6.C5H12O5.C4H10O4/c13-1-4(16)7(18)11(5(17)2-14)23-12-10(21)9(20)8(19)6(3-15)22-12;2*7-1-3(9)5(11)6(12)4(10)2-8;6-1-3(8)5(10)4(9)2-7;5-1-3(7)4(8)2-6/h4-21H,1-3H2;2*3-12H,1-2H2;3-10H,1-2H2;3-8H,1-2H2/t4-,5+,6+,7+,8+,9-,10+,11+,12+;3-,4+,5-,6-;3-,4-,5-,6-;3-,4+,5+;/m011../s1. The van der Waals surface area contributed by atoms with Crippen LogP contribution in [0.1, 0.15) is 0 Å². The Morgan fingerprint density at radius 1 is 0.292 bits per heavy atom. The minimum absolute atomic E-state index is 0.526. The Bertz CT molecular complexity index is 985. The van der Waals surface area contributed by atoms with Crippen molar-refractivity contribution in [3.05, 3.63) is 0 Å². The minimum atomic E-state index is -1.85. The summed E-state index contributed by atoms with van der Waals surface area (Å²) in [4.78, 5) is 0. The van der Waals surface area contributed by atoms with Gasteiger partial charge < -0.3 is 163 Å². The molecule has 32 nitrogen and oxygen atoms in total. The molecule has 1 aliphatic rings. The van der Waals surface area contributed by atoms with Crippen LogP contribution in [0.3, 0.4) is 0 Å². The second-order valence-electron chi connectivity index (χ2n) is 13.7. The van der Waals surface area contributed by atoms with Gasteiger partial charge in [0, 0.05) is 0 Å². The first-order valence-electron chi connectivity index (χ1n) is 19.2. The first-order chi connectivity index (χ1) is 30.2. The van der Waals surface area contributed by atoms with E-state index in [1.165, 1.54) is 0 Å². The lowest BCUT2D eigenvalue weighted by Gasteiger charge is -2.42. The molecule has 0 aromatic heterocycles. The second-order valence-corrected chi connectivity index (χ2v) is 13.7. The van der Waals surface area contributed by atoms with Gasteiger partial charge in [-0.2, -0.15) is 0 Å². The first-order valence-corrected chi connectivity index (χ1v) is 19.2. The summed E-state index contributed by atoms with van der Waals surface area (Å²) in [5.74, 6) is 0. The summed E-state index contributed by atoms with van der Waals surface area (Å²) in [6.45, 7) is -7.69. The van der Waals surface area contributed by atoms with Gasteiger partial charge in [-0.25, -0.2) is 0 Å². The zero-order valence-electron chi connectivity index (χ0n) is 34.7. The van der Waals surface area contributed by atoms with Crippen LogP contribution in [0.2, 0.25) is 0 Å². The summed E-state index contributed by atoms with van der Waals surface area (Å²) < 4.78 is 10.1. The van der Waals surface area contributed by atoms with Crippen molar-refractivity contribution in [3.8, 4) is 0 Å². The molecule has 0 amide bonds. The highest BCUT2D eigenvalue weighted by atomic mass is 16.7. The molecule has 0 aromatic rings. The summed E-state index contributed by atoms with van der Waals surface area (Å²) in [7, 11) is 0. The largest absolute Gasteiger partial charge is 0.394 e. The van der Waals surface area contributed by atoms with Gasteiger partial charge in [-0.1, -0.05) is 0 Å². The fourth-order valence-electron chi connectivity index (χ4n) is 4.22. The minimum Gasteiger partial charge on any atom is -0.394 e. The van der Waals surface area contributed by atoms with Crippen molar-refractivity contribution in [1.29, 1.82) is 0 Å². The third-order valence-corrected chi connectivity index (χ3v) is 8.63. The molecule has 32 heteroatoms.